The molecule has 1 N–H and O–H groups in total. The van der Waals surface area contributed by atoms with E-state index in [4.69, 9.17) is 16.3 Å². The second kappa shape index (κ2) is 7.27. The highest BCUT2D eigenvalue weighted by Crippen LogP contribution is 2.28. The van der Waals surface area contributed by atoms with Gasteiger partial charge in [-0.15, -0.1) is 0 Å². The maximum atomic E-state index is 12.0. The molecule has 2 rings (SSSR count). The highest BCUT2D eigenvalue weighted by atomic mass is 35.5. The number of hydrogen-bond donors (Lipinski definition) is 1. The molecular formula is C16H19ClN2O2. The first kappa shape index (κ1) is 15.6. The van der Waals surface area contributed by atoms with E-state index in [9.17, 15) is 4.79 Å². The van der Waals surface area contributed by atoms with Gasteiger partial charge < -0.3 is 10.1 Å². The van der Waals surface area contributed by atoms with Gasteiger partial charge in [0.15, 0.2) is 0 Å². The van der Waals surface area contributed by atoms with Crippen molar-refractivity contribution in [3.05, 3.63) is 35.5 Å². The normalized spacial score (nSPS) is 12.1. The molecule has 21 heavy (non-hydrogen) atoms. The summed E-state index contributed by atoms with van der Waals surface area (Å²) in [6, 6.07) is 7.03. The molecule has 1 unspecified atom stereocenters. The molecule has 0 radical (unpaired) electrons. The van der Waals surface area contributed by atoms with Crippen LogP contribution in [0.15, 0.2) is 30.5 Å². The average molecular weight is 307 g/mol. The number of carbonyl (C=O) groups is 1. The van der Waals surface area contributed by atoms with Crippen LogP contribution < -0.4 is 5.32 Å². The van der Waals surface area contributed by atoms with Crippen LogP contribution in [-0.2, 0) is 9.53 Å². The van der Waals surface area contributed by atoms with Gasteiger partial charge in [-0.2, -0.15) is 0 Å². The Morgan fingerprint density at radius 3 is 2.90 bits per heavy atom. The molecule has 1 aromatic carbocycles. The largest absolute Gasteiger partial charge is 0.464 e. The Hall–Kier alpha value is -1.81. The number of nitrogens with one attached hydrogen (secondary N) is 1. The van der Waals surface area contributed by atoms with Gasteiger partial charge in [0.2, 0.25) is 0 Å². The minimum absolute atomic E-state index is 0.238. The van der Waals surface area contributed by atoms with Crippen LogP contribution in [0.2, 0.25) is 5.02 Å². The molecule has 0 aliphatic rings. The maximum Gasteiger partial charge on any atom is 0.328 e. The van der Waals surface area contributed by atoms with Crippen LogP contribution in [0.25, 0.3) is 10.9 Å². The van der Waals surface area contributed by atoms with E-state index >= 15 is 0 Å². The summed E-state index contributed by atoms with van der Waals surface area (Å²) in [6.45, 7) is 4.21. The van der Waals surface area contributed by atoms with Crippen LogP contribution in [0.3, 0.4) is 0 Å². The zero-order chi connectivity index (χ0) is 15.2. The fourth-order valence-corrected chi connectivity index (χ4v) is 2.44. The lowest BCUT2D eigenvalue weighted by Crippen LogP contribution is -2.31. The monoisotopic (exact) mass is 306 g/mol. The molecule has 1 heterocycles. The first-order chi connectivity index (χ1) is 10.2. The maximum absolute atomic E-state index is 12.0. The lowest BCUT2D eigenvalue weighted by molar-refractivity contribution is -0.144. The summed E-state index contributed by atoms with van der Waals surface area (Å²) in [5.41, 5.74) is 1.55. The molecule has 0 spiro atoms. The molecule has 1 atom stereocenters. The molecule has 0 saturated heterocycles. The van der Waals surface area contributed by atoms with E-state index in [0.717, 1.165) is 23.0 Å². The number of hydrogen-bond acceptors (Lipinski definition) is 4. The minimum atomic E-state index is -0.374. The van der Waals surface area contributed by atoms with Crippen LogP contribution in [-0.4, -0.2) is 23.6 Å². The Morgan fingerprint density at radius 1 is 1.38 bits per heavy atom. The lowest BCUT2D eigenvalue weighted by Gasteiger charge is -2.18. The summed E-state index contributed by atoms with van der Waals surface area (Å²) in [4.78, 5) is 16.4. The molecule has 0 saturated carbocycles. The van der Waals surface area contributed by atoms with Crippen molar-refractivity contribution in [2.75, 3.05) is 11.9 Å². The van der Waals surface area contributed by atoms with Gasteiger partial charge in [0.25, 0.3) is 0 Å². The van der Waals surface area contributed by atoms with Gasteiger partial charge in [0, 0.05) is 11.6 Å². The number of carbonyl (C=O) groups excluding carboxylic acids is 1. The number of ether oxygens (including phenoxy) is 1. The number of rotatable bonds is 6. The zero-order valence-electron chi connectivity index (χ0n) is 12.2. The van der Waals surface area contributed by atoms with Crippen LogP contribution in [0.4, 0.5) is 5.69 Å². The number of benzene rings is 1. The predicted molar refractivity (Wildman–Crippen MR) is 85.7 cm³/mol. The van der Waals surface area contributed by atoms with Gasteiger partial charge in [-0.05, 0) is 37.6 Å². The predicted octanol–water partition coefficient (Wildman–Crippen LogP) is 4.03. The Kier molecular flexibility index (Phi) is 5.39. The third kappa shape index (κ3) is 3.64. The summed E-state index contributed by atoms with van der Waals surface area (Å²) < 4.78 is 5.12. The first-order valence-electron chi connectivity index (χ1n) is 7.13. The van der Waals surface area contributed by atoms with E-state index in [0.29, 0.717) is 18.1 Å². The molecule has 0 amide bonds. The summed E-state index contributed by atoms with van der Waals surface area (Å²) in [7, 11) is 0. The van der Waals surface area contributed by atoms with Crippen LogP contribution in [0.5, 0.6) is 0 Å². The van der Waals surface area contributed by atoms with E-state index in [1.807, 2.05) is 31.2 Å². The number of esters is 1. The zero-order valence-corrected chi connectivity index (χ0v) is 13.0. The van der Waals surface area contributed by atoms with E-state index in [2.05, 4.69) is 10.3 Å². The van der Waals surface area contributed by atoms with Gasteiger partial charge >= 0.3 is 5.97 Å². The second-order valence-corrected chi connectivity index (χ2v) is 5.14. The molecule has 1 aromatic heterocycles. The van der Waals surface area contributed by atoms with Gasteiger partial charge in [-0.1, -0.05) is 24.9 Å². The number of fused-ring (bicyclic) bond motifs is 1. The van der Waals surface area contributed by atoms with Gasteiger partial charge in [0.1, 0.15) is 6.04 Å². The molecular weight excluding hydrogens is 288 g/mol. The van der Waals surface area contributed by atoms with Crippen molar-refractivity contribution < 1.29 is 9.53 Å². The highest BCUT2D eigenvalue weighted by Gasteiger charge is 2.19. The summed E-state index contributed by atoms with van der Waals surface area (Å²) in [5.74, 6) is -0.238. The van der Waals surface area contributed by atoms with Crippen molar-refractivity contribution in [3.63, 3.8) is 0 Å². The van der Waals surface area contributed by atoms with Gasteiger partial charge in [0.05, 0.1) is 22.8 Å². The van der Waals surface area contributed by atoms with E-state index in [1.54, 1.807) is 13.1 Å². The standard InChI is InChI=1S/C16H19ClN2O2/c1-3-6-14(16(20)21-4-2)19-13-9-8-12(17)11-7-5-10-18-15(11)13/h5,7-10,14,19H,3-4,6H2,1-2H3. The Labute approximate surface area is 129 Å². The Morgan fingerprint density at radius 2 is 2.19 bits per heavy atom. The second-order valence-electron chi connectivity index (χ2n) is 4.73. The Bertz CT molecular complexity index is 631. The summed E-state index contributed by atoms with van der Waals surface area (Å²) in [5, 5.41) is 4.75. The third-order valence-electron chi connectivity index (χ3n) is 3.19. The highest BCUT2D eigenvalue weighted by molar-refractivity contribution is 6.35. The molecule has 0 fully saturated rings. The van der Waals surface area contributed by atoms with Crippen LogP contribution in [0, 0.1) is 0 Å². The number of anilines is 1. The third-order valence-corrected chi connectivity index (χ3v) is 3.52. The topological polar surface area (TPSA) is 51.2 Å². The number of nitrogens with zero attached hydrogens (tertiary/aromatic N) is 1. The minimum Gasteiger partial charge on any atom is -0.464 e. The van der Waals surface area contributed by atoms with Crippen LogP contribution in [0.1, 0.15) is 26.7 Å². The van der Waals surface area contributed by atoms with E-state index in [-0.39, 0.29) is 12.0 Å². The van der Waals surface area contributed by atoms with E-state index < -0.39 is 0 Å². The number of aromatic nitrogens is 1. The quantitative estimate of drug-likeness (QED) is 0.819. The Balaban J connectivity index is 2.32. The lowest BCUT2D eigenvalue weighted by atomic mass is 10.1. The molecule has 0 bridgehead atoms. The summed E-state index contributed by atoms with van der Waals surface area (Å²) >= 11 is 6.18. The van der Waals surface area contributed by atoms with Crippen molar-refractivity contribution in [2.45, 2.75) is 32.7 Å². The van der Waals surface area contributed by atoms with Crippen molar-refractivity contribution >= 4 is 34.2 Å². The van der Waals surface area contributed by atoms with Crippen LogP contribution >= 0.6 is 11.6 Å². The molecule has 0 aliphatic heterocycles. The smallest absolute Gasteiger partial charge is 0.328 e. The molecule has 2 aromatic rings. The molecule has 5 heteroatoms. The molecule has 4 nitrogen and oxygen atoms in total. The number of pyridine rings is 1. The summed E-state index contributed by atoms with van der Waals surface area (Å²) in [6.07, 6.45) is 3.30. The van der Waals surface area contributed by atoms with Crippen molar-refractivity contribution in [1.29, 1.82) is 0 Å². The average Bonchev–Trinajstić information content (AvgIpc) is 2.50. The number of halogens is 1. The van der Waals surface area contributed by atoms with Gasteiger partial charge in [-0.25, -0.2) is 4.79 Å². The fourth-order valence-electron chi connectivity index (χ4n) is 2.22. The van der Waals surface area contributed by atoms with Crippen molar-refractivity contribution in [2.24, 2.45) is 0 Å². The van der Waals surface area contributed by atoms with Crippen molar-refractivity contribution in [1.82, 2.24) is 4.98 Å². The van der Waals surface area contributed by atoms with Crippen molar-refractivity contribution in [3.8, 4) is 0 Å². The fraction of sp³-hybridized carbons (Fsp3) is 0.375. The van der Waals surface area contributed by atoms with Gasteiger partial charge in [-0.3, -0.25) is 4.98 Å². The molecule has 0 aliphatic carbocycles. The first-order valence-corrected chi connectivity index (χ1v) is 7.51. The SMILES string of the molecule is CCCC(Nc1ccc(Cl)c2cccnc12)C(=O)OCC. The van der Waals surface area contributed by atoms with E-state index in [1.165, 1.54) is 0 Å². The molecule has 112 valence electrons.